The van der Waals surface area contributed by atoms with Crippen molar-refractivity contribution in [1.29, 1.82) is 0 Å². The summed E-state index contributed by atoms with van der Waals surface area (Å²) in [5, 5.41) is 2.75. The molecule has 0 aliphatic heterocycles. The topological polar surface area (TPSA) is 29.1 Å². The maximum atomic E-state index is 11.4. The molecule has 0 fully saturated rings. The van der Waals surface area contributed by atoms with Crippen molar-refractivity contribution in [3.8, 4) is 0 Å². The van der Waals surface area contributed by atoms with Gasteiger partial charge < -0.3 is 5.32 Å². The van der Waals surface area contributed by atoms with Gasteiger partial charge in [-0.25, -0.2) is 0 Å². The molecule has 84 valence electrons. The highest BCUT2D eigenvalue weighted by Gasteiger charge is 2.25. The standard InChI is InChI=1S/C10H10O.C2H7N.ClH/c1-7-6-8-4-2-3-5-9(8)10(7)11;1-3-2;/h2-5,7H,6H2,1H3;3H,1-2H3;1H. The Hall–Kier alpha value is -0.860. The molecule has 0 spiro atoms. The predicted octanol–water partition coefficient (Wildman–Crippen LogP) is 2.32. The van der Waals surface area contributed by atoms with Crippen molar-refractivity contribution in [2.45, 2.75) is 13.3 Å². The highest BCUT2D eigenvalue weighted by atomic mass is 35.5. The van der Waals surface area contributed by atoms with Crippen LogP contribution >= 0.6 is 12.4 Å². The van der Waals surface area contributed by atoms with Crippen molar-refractivity contribution in [1.82, 2.24) is 5.32 Å². The second-order valence-corrected chi connectivity index (χ2v) is 3.63. The molecule has 1 unspecified atom stereocenters. The molecule has 15 heavy (non-hydrogen) atoms. The number of nitrogens with one attached hydrogen (secondary N) is 1. The second-order valence-electron chi connectivity index (χ2n) is 3.63. The fourth-order valence-electron chi connectivity index (χ4n) is 1.63. The van der Waals surface area contributed by atoms with E-state index in [2.05, 4.69) is 5.32 Å². The molecule has 3 heteroatoms. The molecule has 1 aliphatic carbocycles. The van der Waals surface area contributed by atoms with Crippen molar-refractivity contribution in [2.24, 2.45) is 5.92 Å². The number of benzene rings is 1. The SMILES string of the molecule is CC1Cc2ccccc2C1=O.CNC.Cl. The fourth-order valence-corrected chi connectivity index (χ4v) is 1.63. The number of carbonyl (C=O) groups is 1. The largest absolute Gasteiger partial charge is 0.323 e. The van der Waals surface area contributed by atoms with Crippen LogP contribution < -0.4 is 5.32 Å². The van der Waals surface area contributed by atoms with Crippen LogP contribution in [0.2, 0.25) is 0 Å². The first-order valence-electron chi connectivity index (χ1n) is 4.91. The van der Waals surface area contributed by atoms with E-state index in [0.29, 0.717) is 5.78 Å². The van der Waals surface area contributed by atoms with Gasteiger partial charge in [0.2, 0.25) is 0 Å². The monoisotopic (exact) mass is 227 g/mol. The summed E-state index contributed by atoms with van der Waals surface area (Å²) < 4.78 is 0. The Labute approximate surface area is 97.5 Å². The Morgan fingerprint density at radius 3 is 2.33 bits per heavy atom. The number of Topliss-reactive ketones (excluding diaryl/α,β-unsaturated/α-hetero) is 1. The minimum absolute atomic E-state index is 0. The predicted molar refractivity (Wildman–Crippen MR) is 65.9 cm³/mol. The molecule has 0 heterocycles. The molecule has 2 rings (SSSR count). The van der Waals surface area contributed by atoms with Crippen LogP contribution in [0, 0.1) is 5.92 Å². The zero-order valence-electron chi connectivity index (χ0n) is 9.41. The van der Waals surface area contributed by atoms with Gasteiger partial charge in [-0.05, 0) is 26.1 Å². The number of rotatable bonds is 0. The number of hydrogen-bond donors (Lipinski definition) is 1. The average Bonchev–Trinajstić information content (AvgIpc) is 2.45. The van der Waals surface area contributed by atoms with Crippen molar-refractivity contribution in [3.63, 3.8) is 0 Å². The van der Waals surface area contributed by atoms with Gasteiger partial charge in [-0.15, -0.1) is 12.4 Å². The molecule has 0 radical (unpaired) electrons. The Morgan fingerprint density at radius 1 is 1.27 bits per heavy atom. The highest BCUT2D eigenvalue weighted by Crippen LogP contribution is 2.25. The Kier molecular flexibility index (Phi) is 6.21. The number of carbonyl (C=O) groups excluding carboxylic acids is 1. The fraction of sp³-hybridized carbons (Fsp3) is 0.417. The van der Waals surface area contributed by atoms with Gasteiger partial charge in [0.1, 0.15) is 0 Å². The van der Waals surface area contributed by atoms with Crippen LogP contribution in [0.4, 0.5) is 0 Å². The lowest BCUT2D eigenvalue weighted by molar-refractivity contribution is 0.0946. The Balaban J connectivity index is 0.000000443. The van der Waals surface area contributed by atoms with Crippen LogP contribution in [0.15, 0.2) is 24.3 Å². The normalized spacial score (nSPS) is 17.3. The van der Waals surface area contributed by atoms with Gasteiger partial charge in [-0.3, -0.25) is 4.79 Å². The third-order valence-electron chi connectivity index (χ3n) is 2.26. The van der Waals surface area contributed by atoms with E-state index in [0.717, 1.165) is 12.0 Å². The molecular formula is C12H18ClNO. The van der Waals surface area contributed by atoms with Gasteiger partial charge in [-0.2, -0.15) is 0 Å². The third kappa shape index (κ3) is 3.33. The van der Waals surface area contributed by atoms with Crippen LogP contribution in [0.5, 0.6) is 0 Å². The quantitative estimate of drug-likeness (QED) is 0.737. The van der Waals surface area contributed by atoms with Crippen LogP contribution in [-0.4, -0.2) is 19.9 Å². The smallest absolute Gasteiger partial charge is 0.166 e. The summed E-state index contributed by atoms with van der Waals surface area (Å²) in [4.78, 5) is 11.4. The van der Waals surface area contributed by atoms with E-state index in [1.165, 1.54) is 5.56 Å². The highest BCUT2D eigenvalue weighted by molar-refractivity contribution is 6.01. The lowest BCUT2D eigenvalue weighted by Crippen LogP contribution is -2.02. The molecule has 1 N–H and O–H groups in total. The first-order valence-corrected chi connectivity index (χ1v) is 4.91. The summed E-state index contributed by atoms with van der Waals surface area (Å²) in [5.41, 5.74) is 2.14. The van der Waals surface area contributed by atoms with Crippen LogP contribution in [0.25, 0.3) is 0 Å². The van der Waals surface area contributed by atoms with E-state index in [-0.39, 0.29) is 18.3 Å². The molecule has 1 aromatic rings. The minimum atomic E-state index is 0. The average molecular weight is 228 g/mol. The van der Waals surface area contributed by atoms with Gasteiger partial charge in [0.05, 0.1) is 0 Å². The van der Waals surface area contributed by atoms with Gasteiger partial charge >= 0.3 is 0 Å². The zero-order chi connectivity index (χ0) is 10.6. The summed E-state index contributed by atoms with van der Waals surface area (Å²) >= 11 is 0. The Morgan fingerprint density at radius 2 is 1.80 bits per heavy atom. The van der Waals surface area contributed by atoms with Gasteiger partial charge in [0.25, 0.3) is 0 Å². The van der Waals surface area contributed by atoms with Crippen LogP contribution in [0.3, 0.4) is 0 Å². The minimum Gasteiger partial charge on any atom is -0.323 e. The summed E-state index contributed by atoms with van der Waals surface area (Å²) in [6.45, 7) is 1.99. The zero-order valence-corrected chi connectivity index (χ0v) is 10.2. The maximum absolute atomic E-state index is 11.4. The lowest BCUT2D eigenvalue weighted by atomic mass is 10.1. The summed E-state index contributed by atoms with van der Waals surface area (Å²) in [5.74, 6) is 0.507. The summed E-state index contributed by atoms with van der Waals surface area (Å²) in [7, 11) is 3.75. The van der Waals surface area contributed by atoms with Gasteiger partial charge in [0, 0.05) is 11.5 Å². The lowest BCUT2D eigenvalue weighted by Gasteiger charge is -1.93. The molecule has 1 aromatic carbocycles. The van der Waals surface area contributed by atoms with Crippen molar-refractivity contribution >= 4 is 18.2 Å². The molecule has 0 bridgehead atoms. The molecule has 0 saturated heterocycles. The van der Waals surface area contributed by atoms with Crippen LogP contribution in [-0.2, 0) is 6.42 Å². The van der Waals surface area contributed by atoms with E-state index in [4.69, 9.17) is 0 Å². The molecule has 0 aromatic heterocycles. The molecule has 0 saturated carbocycles. The molecule has 1 atom stereocenters. The first-order chi connectivity index (χ1) is 6.70. The molecule has 1 aliphatic rings. The Bertz CT molecular complexity index is 325. The molecule has 0 amide bonds. The van der Waals surface area contributed by atoms with E-state index < -0.39 is 0 Å². The number of fused-ring (bicyclic) bond motifs is 1. The van der Waals surface area contributed by atoms with E-state index in [9.17, 15) is 4.79 Å². The third-order valence-corrected chi connectivity index (χ3v) is 2.26. The molecule has 2 nitrogen and oxygen atoms in total. The van der Waals surface area contributed by atoms with Crippen molar-refractivity contribution in [3.05, 3.63) is 35.4 Å². The van der Waals surface area contributed by atoms with Gasteiger partial charge in [-0.1, -0.05) is 31.2 Å². The maximum Gasteiger partial charge on any atom is 0.166 e. The van der Waals surface area contributed by atoms with E-state index in [1.807, 2.05) is 45.3 Å². The number of ketones is 1. The van der Waals surface area contributed by atoms with Gasteiger partial charge in [0.15, 0.2) is 5.78 Å². The van der Waals surface area contributed by atoms with Crippen molar-refractivity contribution < 1.29 is 4.79 Å². The first kappa shape index (κ1) is 14.1. The molecular weight excluding hydrogens is 210 g/mol. The summed E-state index contributed by atoms with van der Waals surface area (Å²) in [6.07, 6.45) is 0.926. The number of halogens is 1. The number of hydrogen-bond acceptors (Lipinski definition) is 2. The van der Waals surface area contributed by atoms with E-state index >= 15 is 0 Å². The van der Waals surface area contributed by atoms with E-state index in [1.54, 1.807) is 0 Å². The van der Waals surface area contributed by atoms with Crippen molar-refractivity contribution in [2.75, 3.05) is 14.1 Å². The second kappa shape index (κ2) is 6.59. The summed E-state index contributed by atoms with van der Waals surface area (Å²) in [6, 6.07) is 7.87. The van der Waals surface area contributed by atoms with Crippen LogP contribution in [0.1, 0.15) is 22.8 Å².